The molecule has 0 fully saturated rings. The lowest BCUT2D eigenvalue weighted by atomic mass is 10.1. The van der Waals surface area contributed by atoms with Crippen LogP contribution in [-0.2, 0) is 13.0 Å². The van der Waals surface area contributed by atoms with E-state index < -0.39 is 5.91 Å². The zero-order valence-corrected chi connectivity index (χ0v) is 16.5. The monoisotopic (exact) mass is 399 g/mol. The summed E-state index contributed by atoms with van der Waals surface area (Å²) >= 11 is 0. The lowest BCUT2D eigenvalue weighted by Crippen LogP contribution is -2.11. The second kappa shape index (κ2) is 7.18. The van der Waals surface area contributed by atoms with Crippen molar-refractivity contribution >= 4 is 22.6 Å². The summed E-state index contributed by atoms with van der Waals surface area (Å²) in [6.07, 6.45) is 0.769. The fraction of sp³-hybridized carbons (Fsp3) is 0.174. The van der Waals surface area contributed by atoms with Crippen LogP contribution in [0, 0.1) is 6.92 Å². The van der Waals surface area contributed by atoms with E-state index in [0.717, 1.165) is 34.4 Å². The minimum absolute atomic E-state index is 0.446. The standard InChI is InChI=1S/C23H21N5O2/c1-13-18(15-8-5-9-16(20(24)29)19(15)26-13)22-27-21(17-10-11-30-23(17)28-22)25-12-14-6-3-2-4-7-14/h2-9,26H,10-12H2,1H3,(H2,24,29)(H,25,27,28). The maximum atomic E-state index is 11.8. The number of carbonyl (C=O) groups excluding carboxylic acids is 1. The summed E-state index contributed by atoms with van der Waals surface area (Å²) in [7, 11) is 0. The molecule has 0 bridgehead atoms. The first-order chi connectivity index (χ1) is 14.6. The minimum atomic E-state index is -0.475. The molecule has 4 aromatic rings. The molecule has 150 valence electrons. The zero-order valence-electron chi connectivity index (χ0n) is 16.5. The third-order valence-electron chi connectivity index (χ3n) is 5.37. The molecule has 7 nitrogen and oxygen atoms in total. The number of aryl methyl sites for hydroxylation is 1. The Kier molecular flexibility index (Phi) is 4.35. The Bertz CT molecular complexity index is 1260. The van der Waals surface area contributed by atoms with Gasteiger partial charge in [-0.2, -0.15) is 4.98 Å². The molecule has 7 heteroatoms. The topological polar surface area (TPSA) is 106 Å². The molecule has 1 amide bonds. The van der Waals surface area contributed by atoms with Crippen LogP contribution in [0.3, 0.4) is 0 Å². The molecule has 0 radical (unpaired) electrons. The summed E-state index contributed by atoms with van der Waals surface area (Å²) in [5, 5.41) is 4.30. The number of hydrogen-bond donors (Lipinski definition) is 3. The van der Waals surface area contributed by atoms with Gasteiger partial charge in [0.2, 0.25) is 5.88 Å². The first kappa shape index (κ1) is 18.2. The van der Waals surface area contributed by atoms with Crippen molar-refractivity contribution in [3.05, 3.63) is 70.9 Å². The Hall–Kier alpha value is -3.87. The van der Waals surface area contributed by atoms with Crippen molar-refractivity contribution in [2.24, 2.45) is 5.73 Å². The number of fused-ring (bicyclic) bond motifs is 2. The second-order valence-electron chi connectivity index (χ2n) is 7.33. The molecule has 30 heavy (non-hydrogen) atoms. The molecule has 1 aliphatic heterocycles. The van der Waals surface area contributed by atoms with Gasteiger partial charge in [0.05, 0.1) is 23.3 Å². The van der Waals surface area contributed by atoms with Gasteiger partial charge in [0.1, 0.15) is 5.82 Å². The van der Waals surface area contributed by atoms with Gasteiger partial charge in [0.15, 0.2) is 5.82 Å². The van der Waals surface area contributed by atoms with Crippen molar-refractivity contribution in [3.63, 3.8) is 0 Å². The Balaban J connectivity index is 1.61. The van der Waals surface area contributed by atoms with Crippen molar-refractivity contribution in [3.8, 4) is 17.3 Å². The average Bonchev–Trinajstić information content (AvgIpc) is 3.35. The lowest BCUT2D eigenvalue weighted by Gasteiger charge is -2.11. The van der Waals surface area contributed by atoms with Crippen LogP contribution in [0.25, 0.3) is 22.3 Å². The van der Waals surface area contributed by atoms with E-state index in [1.807, 2.05) is 37.3 Å². The number of primary amides is 1. The number of benzene rings is 2. The zero-order chi connectivity index (χ0) is 20.7. The largest absolute Gasteiger partial charge is 0.477 e. The molecule has 2 aromatic carbocycles. The van der Waals surface area contributed by atoms with Crippen molar-refractivity contribution in [1.29, 1.82) is 0 Å². The van der Waals surface area contributed by atoms with E-state index in [0.29, 0.717) is 35.9 Å². The van der Waals surface area contributed by atoms with Crippen LogP contribution < -0.4 is 15.8 Å². The average molecular weight is 399 g/mol. The number of nitrogens with two attached hydrogens (primary N) is 1. The van der Waals surface area contributed by atoms with Crippen molar-refractivity contribution < 1.29 is 9.53 Å². The van der Waals surface area contributed by atoms with E-state index in [1.165, 1.54) is 5.56 Å². The maximum absolute atomic E-state index is 11.8. The van der Waals surface area contributed by atoms with E-state index in [9.17, 15) is 4.79 Å². The fourth-order valence-electron chi connectivity index (χ4n) is 3.94. The molecule has 0 atom stereocenters. The van der Waals surface area contributed by atoms with Gasteiger partial charge in [0.25, 0.3) is 5.91 Å². The molecule has 0 saturated heterocycles. The predicted octanol–water partition coefficient (Wildman–Crippen LogP) is 3.58. The first-order valence-corrected chi connectivity index (χ1v) is 9.85. The molecule has 0 spiro atoms. The SMILES string of the molecule is Cc1[nH]c2c(C(N)=O)cccc2c1-c1nc(NCc2ccccc2)c2c(n1)OCC2. The number of para-hydroxylation sites is 1. The molecule has 5 rings (SSSR count). The number of H-pyrrole nitrogens is 1. The van der Waals surface area contributed by atoms with E-state index in [-0.39, 0.29) is 0 Å². The number of carbonyl (C=O) groups is 1. The number of nitrogens with zero attached hydrogens (tertiary/aromatic N) is 2. The van der Waals surface area contributed by atoms with Gasteiger partial charge in [-0.3, -0.25) is 4.79 Å². The summed E-state index contributed by atoms with van der Waals surface area (Å²) < 4.78 is 5.77. The maximum Gasteiger partial charge on any atom is 0.250 e. The van der Waals surface area contributed by atoms with E-state index in [1.54, 1.807) is 6.07 Å². The molecule has 2 aromatic heterocycles. The molecule has 0 unspecified atom stereocenters. The van der Waals surface area contributed by atoms with Crippen LogP contribution in [0.2, 0.25) is 0 Å². The third kappa shape index (κ3) is 3.04. The van der Waals surface area contributed by atoms with Crippen LogP contribution >= 0.6 is 0 Å². The number of ether oxygens (including phenoxy) is 1. The van der Waals surface area contributed by atoms with Crippen LogP contribution in [-0.4, -0.2) is 27.5 Å². The van der Waals surface area contributed by atoms with Crippen molar-refractivity contribution in [2.45, 2.75) is 19.9 Å². The van der Waals surface area contributed by atoms with Crippen molar-refractivity contribution in [2.75, 3.05) is 11.9 Å². The Labute approximate surface area is 173 Å². The summed E-state index contributed by atoms with van der Waals surface area (Å²) in [5.74, 6) is 1.46. The number of hydrogen-bond acceptors (Lipinski definition) is 5. The molecule has 3 heterocycles. The Morgan fingerprint density at radius 3 is 2.80 bits per heavy atom. The minimum Gasteiger partial charge on any atom is -0.477 e. The summed E-state index contributed by atoms with van der Waals surface area (Å²) in [6, 6.07) is 15.6. The van der Waals surface area contributed by atoms with Crippen LogP contribution in [0.15, 0.2) is 48.5 Å². The Morgan fingerprint density at radius 1 is 1.17 bits per heavy atom. The van der Waals surface area contributed by atoms with E-state index in [2.05, 4.69) is 27.4 Å². The number of nitrogens with one attached hydrogen (secondary N) is 2. The molecular formula is C23H21N5O2. The highest BCUT2D eigenvalue weighted by Crippen LogP contribution is 2.36. The molecule has 0 saturated carbocycles. The number of amides is 1. The molecular weight excluding hydrogens is 378 g/mol. The molecule has 0 aliphatic carbocycles. The number of rotatable bonds is 5. The smallest absolute Gasteiger partial charge is 0.250 e. The quantitative estimate of drug-likeness (QED) is 0.476. The lowest BCUT2D eigenvalue weighted by molar-refractivity contribution is 0.100. The van der Waals surface area contributed by atoms with Crippen LogP contribution in [0.5, 0.6) is 5.88 Å². The first-order valence-electron chi connectivity index (χ1n) is 9.85. The van der Waals surface area contributed by atoms with Gasteiger partial charge in [-0.1, -0.05) is 42.5 Å². The van der Waals surface area contributed by atoms with Gasteiger partial charge >= 0.3 is 0 Å². The highest BCUT2D eigenvalue weighted by molar-refractivity contribution is 6.09. The number of aromatic nitrogens is 3. The predicted molar refractivity (Wildman–Crippen MR) is 116 cm³/mol. The highest BCUT2D eigenvalue weighted by Gasteiger charge is 2.24. The summed E-state index contributed by atoms with van der Waals surface area (Å²) in [6.45, 7) is 3.18. The second-order valence-corrected chi connectivity index (χ2v) is 7.33. The third-order valence-corrected chi connectivity index (χ3v) is 5.37. The van der Waals surface area contributed by atoms with Crippen LogP contribution in [0.1, 0.15) is 27.2 Å². The van der Waals surface area contributed by atoms with E-state index >= 15 is 0 Å². The number of aromatic amines is 1. The number of anilines is 1. The van der Waals surface area contributed by atoms with Crippen LogP contribution in [0.4, 0.5) is 5.82 Å². The summed E-state index contributed by atoms with van der Waals surface area (Å²) in [5.41, 5.74) is 10.6. The van der Waals surface area contributed by atoms with Gasteiger partial charge in [-0.05, 0) is 18.6 Å². The Morgan fingerprint density at radius 2 is 2.00 bits per heavy atom. The van der Waals surface area contributed by atoms with Gasteiger partial charge in [-0.25, -0.2) is 4.98 Å². The molecule has 1 aliphatic rings. The summed E-state index contributed by atoms with van der Waals surface area (Å²) in [4.78, 5) is 24.7. The van der Waals surface area contributed by atoms with Gasteiger partial charge in [-0.15, -0.1) is 0 Å². The molecule has 4 N–H and O–H groups in total. The normalized spacial score (nSPS) is 12.6. The van der Waals surface area contributed by atoms with Crippen molar-refractivity contribution in [1.82, 2.24) is 15.0 Å². The van der Waals surface area contributed by atoms with Gasteiger partial charge in [0, 0.05) is 29.6 Å². The van der Waals surface area contributed by atoms with Gasteiger partial charge < -0.3 is 20.8 Å². The highest BCUT2D eigenvalue weighted by atomic mass is 16.5. The fourth-order valence-corrected chi connectivity index (χ4v) is 3.94. The van der Waals surface area contributed by atoms with E-state index in [4.69, 9.17) is 15.5 Å².